The van der Waals surface area contributed by atoms with Gasteiger partial charge in [0, 0.05) is 27.2 Å². The normalized spacial score (nSPS) is 11.0. The van der Waals surface area contributed by atoms with Gasteiger partial charge < -0.3 is 10.3 Å². The number of fused-ring (bicyclic) bond motifs is 1. The highest BCUT2D eigenvalue weighted by molar-refractivity contribution is 6.31. The van der Waals surface area contributed by atoms with E-state index < -0.39 is 0 Å². The number of likely N-dealkylation sites (N-methyl/N-ethyl adjacent to an activating group) is 1. The van der Waals surface area contributed by atoms with Crippen LogP contribution in [0.4, 0.5) is 0 Å². The van der Waals surface area contributed by atoms with Crippen molar-refractivity contribution in [3.8, 4) is 0 Å². The van der Waals surface area contributed by atoms with Crippen LogP contribution in [0.25, 0.3) is 10.9 Å². The first kappa shape index (κ1) is 12.1. The lowest BCUT2D eigenvalue weighted by Crippen LogP contribution is -2.22. The largest absolute Gasteiger partial charge is 0.358 e. The molecule has 0 spiro atoms. The number of Topliss-reactive ketones (excluding diaryl/α,β-unsaturated/α-hetero) is 1. The van der Waals surface area contributed by atoms with Crippen molar-refractivity contribution >= 4 is 28.3 Å². The number of H-pyrrole nitrogens is 1. The lowest BCUT2D eigenvalue weighted by molar-refractivity contribution is 0.0993. The standard InChI is InChI=1S/C13H15ClN2O/c1-3-15-7-12(17)13-8(2)16-11-6-9(14)4-5-10(11)13/h4-6,15-16H,3,7H2,1-2H3. The second-order valence-electron chi connectivity index (χ2n) is 4.02. The summed E-state index contributed by atoms with van der Waals surface area (Å²) in [5.41, 5.74) is 2.57. The quantitative estimate of drug-likeness (QED) is 0.820. The molecular formula is C13H15ClN2O. The van der Waals surface area contributed by atoms with Crippen LogP contribution in [0.1, 0.15) is 23.0 Å². The molecule has 0 aliphatic rings. The number of benzene rings is 1. The third-order valence-corrected chi connectivity index (χ3v) is 3.00. The Morgan fingerprint density at radius 3 is 2.94 bits per heavy atom. The van der Waals surface area contributed by atoms with E-state index in [4.69, 9.17) is 11.6 Å². The fourth-order valence-corrected chi connectivity index (χ4v) is 2.16. The lowest BCUT2D eigenvalue weighted by atomic mass is 10.1. The van der Waals surface area contributed by atoms with Crippen molar-refractivity contribution in [2.24, 2.45) is 0 Å². The molecule has 0 saturated heterocycles. The van der Waals surface area contributed by atoms with E-state index in [1.807, 2.05) is 26.0 Å². The molecule has 0 atom stereocenters. The van der Waals surface area contributed by atoms with Crippen LogP contribution in [0.3, 0.4) is 0 Å². The Bertz CT molecular complexity index is 560. The molecule has 17 heavy (non-hydrogen) atoms. The Morgan fingerprint density at radius 2 is 2.24 bits per heavy atom. The zero-order chi connectivity index (χ0) is 12.4. The first-order valence-electron chi connectivity index (χ1n) is 5.65. The molecule has 1 aromatic carbocycles. The van der Waals surface area contributed by atoms with Crippen molar-refractivity contribution in [3.63, 3.8) is 0 Å². The molecule has 0 radical (unpaired) electrons. The number of ketones is 1. The van der Waals surface area contributed by atoms with E-state index >= 15 is 0 Å². The van der Waals surface area contributed by atoms with Gasteiger partial charge in [0.05, 0.1) is 6.54 Å². The molecule has 2 aromatic rings. The van der Waals surface area contributed by atoms with Gasteiger partial charge in [-0.25, -0.2) is 0 Å². The highest BCUT2D eigenvalue weighted by Crippen LogP contribution is 2.25. The molecule has 0 saturated carbocycles. The number of carbonyl (C=O) groups is 1. The van der Waals surface area contributed by atoms with Crippen molar-refractivity contribution in [1.29, 1.82) is 0 Å². The predicted molar refractivity (Wildman–Crippen MR) is 70.9 cm³/mol. The molecule has 0 unspecified atom stereocenters. The van der Waals surface area contributed by atoms with Gasteiger partial charge in [-0.2, -0.15) is 0 Å². The first-order valence-corrected chi connectivity index (χ1v) is 6.03. The van der Waals surface area contributed by atoms with Crippen LogP contribution in [-0.2, 0) is 0 Å². The Morgan fingerprint density at radius 1 is 1.47 bits per heavy atom. The van der Waals surface area contributed by atoms with Crippen LogP contribution in [0, 0.1) is 6.92 Å². The third kappa shape index (κ3) is 2.35. The molecule has 3 nitrogen and oxygen atoms in total. The van der Waals surface area contributed by atoms with Crippen molar-refractivity contribution in [1.82, 2.24) is 10.3 Å². The van der Waals surface area contributed by atoms with Crippen LogP contribution in [-0.4, -0.2) is 23.9 Å². The number of aromatic nitrogens is 1. The summed E-state index contributed by atoms with van der Waals surface area (Å²) in [7, 11) is 0. The van der Waals surface area contributed by atoms with Gasteiger partial charge >= 0.3 is 0 Å². The molecule has 2 rings (SSSR count). The molecule has 0 amide bonds. The summed E-state index contributed by atoms with van der Waals surface area (Å²) in [6, 6.07) is 5.54. The Hall–Kier alpha value is -1.32. The summed E-state index contributed by atoms with van der Waals surface area (Å²) in [4.78, 5) is 15.3. The number of carbonyl (C=O) groups excluding carboxylic acids is 1. The van der Waals surface area contributed by atoms with Gasteiger partial charge in [0.25, 0.3) is 0 Å². The van der Waals surface area contributed by atoms with E-state index in [1.54, 1.807) is 6.07 Å². The minimum absolute atomic E-state index is 0.109. The van der Waals surface area contributed by atoms with Crippen molar-refractivity contribution in [3.05, 3.63) is 34.5 Å². The molecule has 2 N–H and O–H groups in total. The summed E-state index contributed by atoms with van der Waals surface area (Å²) < 4.78 is 0. The fraction of sp³-hybridized carbons (Fsp3) is 0.308. The minimum atomic E-state index is 0.109. The molecule has 0 aliphatic carbocycles. The number of halogens is 1. The van der Waals surface area contributed by atoms with Crippen LogP contribution in [0.2, 0.25) is 5.02 Å². The van der Waals surface area contributed by atoms with Gasteiger partial charge in [-0.3, -0.25) is 4.79 Å². The van der Waals surface area contributed by atoms with Gasteiger partial charge in [0.15, 0.2) is 5.78 Å². The van der Waals surface area contributed by atoms with E-state index in [0.29, 0.717) is 11.6 Å². The molecular weight excluding hydrogens is 236 g/mol. The lowest BCUT2D eigenvalue weighted by Gasteiger charge is -2.01. The second-order valence-corrected chi connectivity index (χ2v) is 4.45. The molecule has 0 fully saturated rings. The first-order chi connectivity index (χ1) is 8.13. The zero-order valence-electron chi connectivity index (χ0n) is 9.93. The monoisotopic (exact) mass is 250 g/mol. The summed E-state index contributed by atoms with van der Waals surface area (Å²) in [6.07, 6.45) is 0. The molecule has 1 aromatic heterocycles. The third-order valence-electron chi connectivity index (χ3n) is 2.76. The highest BCUT2D eigenvalue weighted by atomic mass is 35.5. The van der Waals surface area contributed by atoms with Crippen LogP contribution >= 0.6 is 11.6 Å². The second kappa shape index (κ2) is 4.90. The number of nitrogens with one attached hydrogen (secondary N) is 2. The van der Waals surface area contributed by atoms with E-state index in [-0.39, 0.29) is 5.78 Å². The summed E-state index contributed by atoms with van der Waals surface area (Å²) in [6.45, 7) is 5.05. The minimum Gasteiger partial charge on any atom is -0.358 e. The maximum atomic E-state index is 12.1. The highest BCUT2D eigenvalue weighted by Gasteiger charge is 2.15. The smallest absolute Gasteiger partial charge is 0.179 e. The number of aromatic amines is 1. The Labute approximate surface area is 105 Å². The zero-order valence-corrected chi connectivity index (χ0v) is 10.7. The summed E-state index contributed by atoms with van der Waals surface area (Å²) in [5, 5.41) is 4.66. The van der Waals surface area contributed by atoms with E-state index in [9.17, 15) is 4.79 Å². The van der Waals surface area contributed by atoms with Crippen LogP contribution in [0.15, 0.2) is 18.2 Å². The Balaban J connectivity index is 2.46. The number of hydrogen-bond acceptors (Lipinski definition) is 2. The SMILES string of the molecule is CCNCC(=O)c1c(C)[nH]c2cc(Cl)ccc12. The van der Waals surface area contributed by atoms with Gasteiger partial charge in [-0.05, 0) is 25.6 Å². The number of hydrogen-bond donors (Lipinski definition) is 2. The van der Waals surface area contributed by atoms with Crippen molar-refractivity contribution in [2.75, 3.05) is 13.1 Å². The van der Waals surface area contributed by atoms with E-state index in [2.05, 4.69) is 10.3 Å². The molecule has 4 heteroatoms. The number of aryl methyl sites for hydroxylation is 1. The van der Waals surface area contributed by atoms with Crippen LogP contribution in [0.5, 0.6) is 0 Å². The van der Waals surface area contributed by atoms with Gasteiger partial charge in [-0.1, -0.05) is 24.6 Å². The number of rotatable bonds is 4. The molecule has 1 heterocycles. The summed E-state index contributed by atoms with van der Waals surface area (Å²) in [5.74, 6) is 0.109. The molecule has 90 valence electrons. The molecule has 0 bridgehead atoms. The van der Waals surface area contributed by atoms with Crippen LogP contribution < -0.4 is 5.32 Å². The average Bonchev–Trinajstić information content (AvgIpc) is 2.61. The van der Waals surface area contributed by atoms with Gasteiger partial charge in [-0.15, -0.1) is 0 Å². The van der Waals surface area contributed by atoms with Gasteiger partial charge in [0.2, 0.25) is 0 Å². The van der Waals surface area contributed by atoms with Gasteiger partial charge in [0.1, 0.15) is 0 Å². The van der Waals surface area contributed by atoms with Crippen molar-refractivity contribution < 1.29 is 4.79 Å². The summed E-state index contributed by atoms with van der Waals surface area (Å²) >= 11 is 5.93. The topological polar surface area (TPSA) is 44.9 Å². The maximum absolute atomic E-state index is 12.1. The Kier molecular flexibility index (Phi) is 3.50. The molecule has 0 aliphatic heterocycles. The maximum Gasteiger partial charge on any atom is 0.179 e. The fourth-order valence-electron chi connectivity index (χ4n) is 1.99. The van der Waals surface area contributed by atoms with Crippen molar-refractivity contribution in [2.45, 2.75) is 13.8 Å². The van der Waals surface area contributed by atoms with E-state index in [1.165, 1.54) is 0 Å². The average molecular weight is 251 g/mol. The van der Waals surface area contributed by atoms with E-state index in [0.717, 1.165) is 28.7 Å². The predicted octanol–water partition coefficient (Wildman–Crippen LogP) is 2.92.